The SMILES string of the molecule is CN(C)c1ccc(-c2cn3c(-c4ccc(C(=O)NC5CC5)c(F)c4)cnc3c(NCC3CCCO3)n2)cc1. The number of fused-ring (bicyclic) bond motifs is 1. The highest BCUT2D eigenvalue weighted by molar-refractivity contribution is 5.95. The molecule has 2 fully saturated rings. The molecule has 2 aliphatic rings. The van der Waals surface area contributed by atoms with Gasteiger partial charge in [-0.1, -0.05) is 18.2 Å². The number of rotatable bonds is 8. The first kappa shape index (κ1) is 24.4. The molecule has 1 amide bonds. The summed E-state index contributed by atoms with van der Waals surface area (Å²) in [5.74, 6) is -0.286. The molecule has 1 aliphatic heterocycles. The number of ether oxygens (including phenoxy) is 1. The Kier molecular flexibility index (Phi) is 6.45. The van der Waals surface area contributed by atoms with Gasteiger partial charge in [0.1, 0.15) is 5.82 Å². The second-order valence-corrected chi connectivity index (χ2v) is 10.2. The Morgan fingerprint density at radius 1 is 1.13 bits per heavy atom. The van der Waals surface area contributed by atoms with Crippen molar-refractivity contribution >= 4 is 23.1 Å². The molecular weight excluding hydrogens is 483 g/mol. The number of aromatic nitrogens is 3. The van der Waals surface area contributed by atoms with Crippen LogP contribution < -0.4 is 15.5 Å². The van der Waals surface area contributed by atoms with E-state index in [1.807, 2.05) is 41.7 Å². The standard InChI is InChI=1S/C29H31FN6O2/c1-35(2)21-10-5-18(6-11-21)25-17-36-26(16-32-28(36)27(34-25)31-15-22-4-3-13-38-22)19-7-12-23(24(30)14-19)29(37)33-20-8-9-20/h5-7,10-12,14,16-17,20,22H,3-4,8-9,13,15H2,1-2H3,(H,31,34)(H,33,37). The molecule has 1 aliphatic carbocycles. The number of imidazole rings is 1. The Morgan fingerprint density at radius 3 is 2.61 bits per heavy atom. The molecule has 1 saturated carbocycles. The minimum atomic E-state index is -0.555. The Hall–Kier alpha value is -3.98. The summed E-state index contributed by atoms with van der Waals surface area (Å²) in [4.78, 5) is 24.0. The number of nitrogens with one attached hydrogen (secondary N) is 2. The highest BCUT2D eigenvalue weighted by Crippen LogP contribution is 2.30. The van der Waals surface area contributed by atoms with Crippen molar-refractivity contribution in [3.63, 3.8) is 0 Å². The minimum absolute atomic E-state index is 0.0525. The van der Waals surface area contributed by atoms with Crippen LogP contribution in [0.25, 0.3) is 28.2 Å². The molecule has 0 spiro atoms. The molecule has 1 atom stereocenters. The van der Waals surface area contributed by atoms with Gasteiger partial charge in [-0.15, -0.1) is 0 Å². The molecule has 8 nitrogen and oxygen atoms in total. The van der Waals surface area contributed by atoms with Gasteiger partial charge in [0, 0.05) is 56.3 Å². The van der Waals surface area contributed by atoms with Crippen molar-refractivity contribution in [3.05, 3.63) is 66.2 Å². The number of benzene rings is 2. The molecule has 38 heavy (non-hydrogen) atoms. The lowest BCUT2D eigenvalue weighted by Gasteiger charge is -2.15. The second kappa shape index (κ2) is 10.1. The molecule has 2 aromatic carbocycles. The lowest BCUT2D eigenvalue weighted by Crippen LogP contribution is -2.26. The number of amides is 1. The van der Waals surface area contributed by atoms with Gasteiger partial charge in [-0.05, 0) is 49.9 Å². The maximum absolute atomic E-state index is 15.1. The normalized spacial score (nSPS) is 17.1. The van der Waals surface area contributed by atoms with Crippen LogP contribution in [0.1, 0.15) is 36.0 Å². The van der Waals surface area contributed by atoms with E-state index in [9.17, 15) is 4.79 Å². The zero-order chi connectivity index (χ0) is 26.2. The fourth-order valence-electron chi connectivity index (χ4n) is 4.76. The third kappa shape index (κ3) is 4.93. The molecule has 0 bridgehead atoms. The van der Waals surface area contributed by atoms with Crippen molar-refractivity contribution in [3.8, 4) is 22.5 Å². The molecule has 2 N–H and O–H groups in total. The summed E-state index contributed by atoms with van der Waals surface area (Å²) in [5.41, 5.74) is 4.84. The van der Waals surface area contributed by atoms with Gasteiger partial charge in [-0.3, -0.25) is 9.20 Å². The molecule has 4 aromatic rings. The zero-order valence-electron chi connectivity index (χ0n) is 21.6. The number of nitrogens with zero attached hydrogens (tertiary/aromatic N) is 4. The number of carbonyl (C=O) groups is 1. The Bertz CT molecular complexity index is 1470. The second-order valence-electron chi connectivity index (χ2n) is 10.2. The van der Waals surface area contributed by atoms with Crippen molar-refractivity contribution in [2.75, 3.05) is 37.5 Å². The summed E-state index contributed by atoms with van der Waals surface area (Å²) in [5, 5.41) is 6.29. The number of carbonyl (C=O) groups excluding carboxylic acids is 1. The number of halogens is 1. The monoisotopic (exact) mass is 514 g/mol. The van der Waals surface area contributed by atoms with Crippen LogP contribution >= 0.6 is 0 Å². The van der Waals surface area contributed by atoms with Crippen LogP contribution in [0.2, 0.25) is 0 Å². The van der Waals surface area contributed by atoms with Gasteiger partial charge in [0.15, 0.2) is 11.5 Å². The van der Waals surface area contributed by atoms with E-state index < -0.39 is 5.82 Å². The Morgan fingerprint density at radius 2 is 1.92 bits per heavy atom. The summed E-state index contributed by atoms with van der Waals surface area (Å²) in [6, 6.07) is 13.1. The van der Waals surface area contributed by atoms with Gasteiger partial charge in [0.05, 0.1) is 29.3 Å². The van der Waals surface area contributed by atoms with Gasteiger partial charge in [0.25, 0.3) is 5.91 Å². The third-order valence-corrected chi connectivity index (χ3v) is 7.11. The lowest BCUT2D eigenvalue weighted by molar-refractivity contribution is 0.0947. The fourth-order valence-corrected chi connectivity index (χ4v) is 4.76. The number of hydrogen-bond donors (Lipinski definition) is 2. The summed E-state index contributed by atoms with van der Waals surface area (Å²) in [6.45, 7) is 1.41. The average molecular weight is 515 g/mol. The quantitative estimate of drug-likeness (QED) is 0.353. The number of anilines is 2. The predicted molar refractivity (Wildman–Crippen MR) is 146 cm³/mol. The maximum Gasteiger partial charge on any atom is 0.254 e. The zero-order valence-corrected chi connectivity index (χ0v) is 21.6. The van der Waals surface area contributed by atoms with Crippen LogP contribution in [0.3, 0.4) is 0 Å². The van der Waals surface area contributed by atoms with Crippen LogP contribution in [0.15, 0.2) is 54.9 Å². The van der Waals surface area contributed by atoms with Gasteiger partial charge in [-0.25, -0.2) is 14.4 Å². The van der Waals surface area contributed by atoms with Gasteiger partial charge < -0.3 is 20.3 Å². The van der Waals surface area contributed by atoms with Crippen molar-refractivity contribution in [1.82, 2.24) is 19.7 Å². The number of hydrogen-bond acceptors (Lipinski definition) is 6. The first-order valence-corrected chi connectivity index (χ1v) is 13.1. The first-order valence-electron chi connectivity index (χ1n) is 13.1. The van der Waals surface area contributed by atoms with E-state index in [4.69, 9.17) is 9.72 Å². The summed E-state index contributed by atoms with van der Waals surface area (Å²) < 4.78 is 22.8. The Balaban J connectivity index is 1.39. The highest BCUT2D eigenvalue weighted by Gasteiger charge is 2.25. The topological polar surface area (TPSA) is 83.8 Å². The van der Waals surface area contributed by atoms with Crippen LogP contribution in [-0.4, -0.2) is 59.7 Å². The lowest BCUT2D eigenvalue weighted by atomic mass is 10.1. The molecular formula is C29H31FN6O2. The first-order chi connectivity index (χ1) is 18.5. The van der Waals surface area contributed by atoms with Crippen LogP contribution in [-0.2, 0) is 4.74 Å². The van der Waals surface area contributed by atoms with Crippen LogP contribution in [0.4, 0.5) is 15.9 Å². The molecule has 3 heterocycles. The summed E-state index contributed by atoms with van der Waals surface area (Å²) in [6.07, 6.45) is 7.74. The Labute approximate surface area is 220 Å². The summed E-state index contributed by atoms with van der Waals surface area (Å²) >= 11 is 0. The maximum atomic E-state index is 15.1. The molecule has 2 aromatic heterocycles. The molecule has 1 unspecified atom stereocenters. The van der Waals surface area contributed by atoms with Crippen LogP contribution in [0.5, 0.6) is 0 Å². The fraction of sp³-hybridized carbons (Fsp3) is 0.345. The predicted octanol–water partition coefficient (Wildman–Crippen LogP) is 4.75. The van der Waals surface area contributed by atoms with Crippen molar-refractivity contribution in [2.45, 2.75) is 37.8 Å². The van der Waals surface area contributed by atoms with Crippen molar-refractivity contribution < 1.29 is 13.9 Å². The average Bonchev–Trinajstić information content (AvgIpc) is 3.38. The summed E-state index contributed by atoms with van der Waals surface area (Å²) in [7, 11) is 4.01. The molecule has 9 heteroatoms. The highest BCUT2D eigenvalue weighted by atomic mass is 19.1. The van der Waals surface area contributed by atoms with Crippen molar-refractivity contribution in [2.24, 2.45) is 0 Å². The van der Waals surface area contributed by atoms with Gasteiger partial charge in [-0.2, -0.15) is 0 Å². The van der Waals surface area contributed by atoms with Gasteiger partial charge >= 0.3 is 0 Å². The largest absolute Gasteiger partial charge is 0.378 e. The van der Waals surface area contributed by atoms with E-state index in [-0.39, 0.29) is 23.6 Å². The molecule has 6 rings (SSSR count). The molecule has 1 saturated heterocycles. The van der Waals surface area contributed by atoms with E-state index >= 15 is 4.39 Å². The van der Waals surface area contributed by atoms with E-state index in [1.165, 1.54) is 6.07 Å². The van der Waals surface area contributed by atoms with Crippen LogP contribution in [0, 0.1) is 5.82 Å². The van der Waals surface area contributed by atoms with E-state index in [1.54, 1.807) is 18.3 Å². The van der Waals surface area contributed by atoms with Crippen molar-refractivity contribution in [1.29, 1.82) is 0 Å². The minimum Gasteiger partial charge on any atom is -0.378 e. The smallest absolute Gasteiger partial charge is 0.254 e. The molecule has 0 radical (unpaired) electrons. The molecule has 196 valence electrons. The van der Waals surface area contributed by atoms with Gasteiger partial charge in [0.2, 0.25) is 0 Å². The van der Waals surface area contributed by atoms with E-state index in [2.05, 4.69) is 27.8 Å². The van der Waals surface area contributed by atoms with E-state index in [0.717, 1.165) is 49.2 Å². The van der Waals surface area contributed by atoms with E-state index in [0.29, 0.717) is 29.3 Å². The third-order valence-electron chi connectivity index (χ3n) is 7.11.